The predicted molar refractivity (Wildman–Crippen MR) is 64.4 cm³/mol. The second-order valence-electron chi connectivity index (χ2n) is 3.44. The molecule has 15 heavy (non-hydrogen) atoms. The lowest BCUT2D eigenvalue weighted by Crippen LogP contribution is -1.95. The molecule has 0 aliphatic rings. The highest BCUT2D eigenvalue weighted by Crippen LogP contribution is 2.25. The van der Waals surface area contributed by atoms with Crippen LogP contribution in [0.1, 0.15) is 11.3 Å². The summed E-state index contributed by atoms with van der Waals surface area (Å²) in [5.41, 5.74) is 9.74. The Bertz CT molecular complexity index is 476. The average Bonchev–Trinajstić information content (AvgIpc) is 2.70. The van der Waals surface area contributed by atoms with Crippen LogP contribution < -0.4 is 5.73 Å². The normalized spacial score (nSPS) is 10.6. The van der Waals surface area contributed by atoms with Gasteiger partial charge in [-0.2, -0.15) is 5.10 Å². The van der Waals surface area contributed by atoms with E-state index in [2.05, 4.69) is 45.2 Å². The first-order valence-corrected chi connectivity index (χ1v) is 5.51. The molecule has 0 atom stereocenters. The number of nitrogens with two attached hydrogens (primary N) is 1. The molecule has 78 valence electrons. The standard InChI is InChI=1S/C11H12BrN3/c1-7-2-3-8(12)4-10(7)11-5-9(6-13)14-15-11/h2-5H,6,13H2,1H3,(H,14,15). The van der Waals surface area contributed by atoms with Gasteiger partial charge >= 0.3 is 0 Å². The summed E-state index contributed by atoms with van der Waals surface area (Å²) < 4.78 is 1.06. The zero-order valence-electron chi connectivity index (χ0n) is 8.42. The first kappa shape index (κ1) is 10.4. The van der Waals surface area contributed by atoms with E-state index < -0.39 is 0 Å². The van der Waals surface area contributed by atoms with Crippen LogP contribution >= 0.6 is 15.9 Å². The van der Waals surface area contributed by atoms with Crippen molar-refractivity contribution in [2.24, 2.45) is 5.73 Å². The molecule has 0 aliphatic carbocycles. The van der Waals surface area contributed by atoms with Crippen molar-refractivity contribution in [3.8, 4) is 11.3 Å². The first-order valence-electron chi connectivity index (χ1n) is 4.71. The zero-order valence-corrected chi connectivity index (χ0v) is 10.0. The van der Waals surface area contributed by atoms with E-state index in [1.165, 1.54) is 5.56 Å². The number of benzene rings is 1. The number of aromatic nitrogens is 2. The zero-order chi connectivity index (χ0) is 10.8. The maximum atomic E-state index is 5.53. The summed E-state index contributed by atoms with van der Waals surface area (Å²) in [6, 6.07) is 8.13. The molecule has 0 bridgehead atoms. The van der Waals surface area contributed by atoms with Crippen LogP contribution in [0.15, 0.2) is 28.7 Å². The fraction of sp³-hybridized carbons (Fsp3) is 0.182. The maximum Gasteiger partial charge on any atom is 0.0927 e. The minimum absolute atomic E-state index is 0.486. The van der Waals surface area contributed by atoms with Crippen molar-refractivity contribution in [3.05, 3.63) is 40.0 Å². The molecule has 3 nitrogen and oxygen atoms in total. The van der Waals surface area contributed by atoms with E-state index in [0.29, 0.717) is 6.54 Å². The number of halogens is 1. The molecular formula is C11H12BrN3. The highest BCUT2D eigenvalue weighted by Gasteiger charge is 2.06. The third-order valence-corrected chi connectivity index (χ3v) is 2.82. The number of hydrogen-bond donors (Lipinski definition) is 2. The lowest BCUT2D eigenvalue weighted by molar-refractivity contribution is 0.948. The Hall–Kier alpha value is -1.13. The Morgan fingerprint density at radius 2 is 2.20 bits per heavy atom. The summed E-state index contributed by atoms with van der Waals surface area (Å²) >= 11 is 3.45. The third kappa shape index (κ3) is 2.11. The van der Waals surface area contributed by atoms with Crippen LogP contribution in [-0.2, 0) is 6.54 Å². The Morgan fingerprint density at radius 1 is 1.40 bits per heavy atom. The van der Waals surface area contributed by atoms with Gasteiger partial charge in [0.25, 0.3) is 0 Å². The maximum absolute atomic E-state index is 5.53. The molecule has 0 saturated carbocycles. The number of aromatic amines is 1. The molecule has 0 aliphatic heterocycles. The predicted octanol–water partition coefficient (Wildman–Crippen LogP) is 2.61. The molecule has 2 rings (SSSR count). The molecule has 3 N–H and O–H groups in total. The van der Waals surface area contributed by atoms with Crippen molar-refractivity contribution in [2.75, 3.05) is 0 Å². The summed E-state index contributed by atoms with van der Waals surface area (Å²) in [6.07, 6.45) is 0. The summed E-state index contributed by atoms with van der Waals surface area (Å²) in [6.45, 7) is 2.55. The average molecular weight is 266 g/mol. The quantitative estimate of drug-likeness (QED) is 0.877. The number of rotatable bonds is 2. The molecule has 0 unspecified atom stereocenters. The van der Waals surface area contributed by atoms with Gasteiger partial charge in [0, 0.05) is 22.3 Å². The highest BCUT2D eigenvalue weighted by molar-refractivity contribution is 9.10. The highest BCUT2D eigenvalue weighted by atomic mass is 79.9. The van der Waals surface area contributed by atoms with Gasteiger partial charge in [0.1, 0.15) is 0 Å². The molecule has 1 aromatic heterocycles. The van der Waals surface area contributed by atoms with Gasteiger partial charge in [-0.25, -0.2) is 0 Å². The molecule has 0 saturated heterocycles. The molecule has 0 spiro atoms. The van der Waals surface area contributed by atoms with Gasteiger partial charge in [-0.3, -0.25) is 5.10 Å². The van der Waals surface area contributed by atoms with Gasteiger partial charge in [-0.05, 0) is 30.7 Å². The van der Waals surface area contributed by atoms with E-state index in [1.807, 2.05) is 12.1 Å². The molecule has 0 fully saturated rings. The monoisotopic (exact) mass is 265 g/mol. The molecule has 2 aromatic rings. The number of nitrogens with zero attached hydrogens (tertiary/aromatic N) is 1. The number of nitrogens with one attached hydrogen (secondary N) is 1. The lowest BCUT2D eigenvalue weighted by Gasteiger charge is -2.02. The number of aryl methyl sites for hydroxylation is 1. The van der Waals surface area contributed by atoms with Gasteiger partial charge in [-0.1, -0.05) is 22.0 Å². The summed E-state index contributed by atoms with van der Waals surface area (Å²) in [4.78, 5) is 0. The van der Waals surface area contributed by atoms with E-state index in [0.717, 1.165) is 21.4 Å². The van der Waals surface area contributed by atoms with E-state index >= 15 is 0 Å². The molecular weight excluding hydrogens is 254 g/mol. The van der Waals surface area contributed by atoms with Crippen molar-refractivity contribution < 1.29 is 0 Å². The Labute approximate surface area is 96.8 Å². The lowest BCUT2D eigenvalue weighted by atomic mass is 10.1. The molecule has 4 heteroatoms. The second-order valence-corrected chi connectivity index (χ2v) is 4.36. The SMILES string of the molecule is Cc1ccc(Br)cc1-c1cc(CN)[nH]n1. The van der Waals surface area contributed by atoms with Crippen LogP contribution in [0.3, 0.4) is 0 Å². The van der Waals surface area contributed by atoms with Gasteiger partial charge in [0.15, 0.2) is 0 Å². The van der Waals surface area contributed by atoms with Crippen LogP contribution in [0, 0.1) is 6.92 Å². The van der Waals surface area contributed by atoms with Crippen molar-refractivity contribution in [1.82, 2.24) is 10.2 Å². The van der Waals surface area contributed by atoms with Gasteiger partial charge in [0.05, 0.1) is 5.69 Å². The number of H-pyrrole nitrogens is 1. The fourth-order valence-corrected chi connectivity index (χ4v) is 1.84. The van der Waals surface area contributed by atoms with Gasteiger partial charge in [0.2, 0.25) is 0 Å². The van der Waals surface area contributed by atoms with E-state index in [1.54, 1.807) is 0 Å². The molecule has 1 aromatic carbocycles. The van der Waals surface area contributed by atoms with Crippen molar-refractivity contribution in [2.45, 2.75) is 13.5 Å². The van der Waals surface area contributed by atoms with Crippen molar-refractivity contribution >= 4 is 15.9 Å². The Balaban J connectivity index is 2.48. The molecule has 1 heterocycles. The minimum Gasteiger partial charge on any atom is -0.325 e. The van der Waals surface area contributed by atoms with E-state index in [4.69, 9.17) is 5.73 Å². The summed E-state index contributed by atoms with van der Waals surface area (Å²) in [5, 5.41) is 7.14. The second kappa shape index (κ2) is 4.16. The topological polar surface area (TPSA) is 54.7 Å². The molecule has 0 amide bonds. The van der Waals surface area contributed by atoms with Crippen molar-refractivity contribution in [1.29, 1.82) is 0 Å². The summed E-state index contributed by atoms with van der Waals surface area (Å²) in [7, 11) is 0. The van der Waals surface area contributed by atoms with Crippen LogP contribution in [0.2, 0.25) is 0 Å². The number of hydrogen-bond acceptors (Lipinski definition) is 2. The van der Waals surface area contributed by atoms with Crippen LogP contribution in [-0.4, -0.2) is 10.2 Å². The van der Waals surface area contributed by atoms with Crippen LogP contribution in [0.4, 0.5) is 0 Å². The van der Waals surface area contributed by atoms with Crippen molar-refractivity contribution in [3.63, 3.8) is 0 Å². The summed E-state index contributed by atoms with van der Waals surface area (Å²) in [5.74, 6) is 0. The Morgan fingerprint density at radius 3 is 2.87 bits per heavy atom. The van der Waals surface area contributed by atoms with Gasteiger partial charge < -0.3 is 5.73 Å². The van der Waals surface area contributed by atoms with Gasteiger partial charge in [-0.15, -0.1) is 0 Å². The first-order chi connectivity index (χ1) is 7.20. The minimum atomic E-state index is 0.486. The van der Waals surface area contributed by atoms with Crippen LogP contribution in [0.5, 0.6) is 0 Å². The fourth-order valence-electron chi connectivity index (χ4n) is 1.47. The van der Waals surface area contributed by atoms with Crippen LogP contribution in [0.25, 0.3) is 11.3 Å². The largest absolute Gasteiger partial charge is 0.325 e. The molecule has 0 radical (unpaired) electrons. The third-order valence-electron chi connectivity index (χ3n) is 2.33. The van der Waals surface area contributed by atoms with E-state index in [-0.39, 0.29) is 0 Å². The Kier molecular flexibility index (Phi) is 2.88. The van der Waals surface area contributed by atoms with E-state index in [9.17, 15) is 0 Å². The smallest absolute Gasteiger partial charge is 0.0927 e.